The molecule has 4 heteroatoms. The molecule has 0 atom stereocenters. The molecule has 0 spiro atoms. The SMILES string of the molecule is CCOc1ccc(CCNCC(C)=O)cc1Cl. The Morgan fingerprint density at radius 3 is 2.82 bits per heavy atom. The Labute approximate surface area is 107 Å². The standard InChI is InChI=1S/C13H18ClNO2/c1-3-17-13-5-4-11(8-12(13)14)6-7-15-9-10(2)16/h4-5,8,15H,3,6-7,9H2,1-2H3. The second-order valence-electron chi connectivity index (χ2n) is 3.83. The van der Waals surface area contributed by atoms with Crippen LogP contribution in [0.25, 0.3) is 0 Å². The number of hydrogen-bond donors (Lipinski definition) is 1. The Kier molecular flexibility index (Phi) is 6.01. The van der Waals surface area contributed by atoms with Crippen molar-refractivity contribution in [3.63, 3.8) is 0 Å². The fourth-order valence-corrected chi connectivity index (χ4v) is 1.73. The second kappa shape index (κ2) is 7.30. The van der Waals surface area contributed by atoms with Crippen molar-refractivity contribution >= 4 is 17.4 Å². The van der Waals surface area contributed by atoms with Crippen molar-refractivity contribution in [2.24, 2.45) is 0 Å². The van der Waals surface area contributed by atoms with E-state index in [-0.39, 0.29) is 5.78 Å². The summed E-state index contributed by atoms with van der Waals surface area (Å²) < 4.78 is 5.36. The summed E-state index contributed by atoms with van der Waals surface area (Å²) >= 11 is 6.07. The number of ether oxygens (including phenoxy) is 1. The molecule has 0 amide bonds. The fraction of sp³-hybridized carbons (Fsp3) is 0.462. The Morgan fingerprint density at radius 1 is 1.47 bits per heavy atom. The van der Waals surface area contributed by atoms with Gasteiger partial charge in [0, 0.05) is 0 Å². The summed E-state index contributed by atoms with van der Waals surface area (Å²) in [5.41, 5.74) is 1.13. The van der Waals surface area contributed by atoms with E-state index in [0.717, 1.165) is 24.3 Å². The van der Waals surface area contributed by atoms with Gasteiger partial charge in [-0.1, -0.05) is 17.7 Å². The van der Waals surface area contributed by atoms with E-state index in [4.69, 9.17) is 16.3 Å². The molecule has 0 saturated carbocycles. The van der Waals surface area contributed by atoms with Gasteiger partial charge in [-0.25, -0.2) is 0 Å². The summed E-state index contributed by atoms with van der Waals surface area (Å²) in [5.74, 6) is 0.865. The Bertz CT molecular complexity index is 380. The summed E-state index contributed by atoms with van der Waals surface area (Å²) in [7, 11) is 0. The predicted octanol–water partition coefficient (Wildman–Crippen LogP) is 2.46. The molecule has 0 aliphatic heterocycles. The molecule has 1 aromatic rings. The van der Waals surface area contributed by atoms with Crippen molar-refractivity contribution in [2.45, 2.75) is 20.3 Å². The van der Waals surface area contributed by atoms with Crippen LogP contribution >= 0.6 is 11.6 Å². The fourth-order valence-electron chi connectivity index (χ4n) is 1.47. The third-order valence-electron chi connectivity index (χ3n) is 2.26. The van der Waals surface area contributed by atoms with E-state index in [2.05, 4.69) is 5.32 Å². The number of rotatable bonds is 7. The smallest absolute Gasteiger partial charge is 0.143 e. The van der Waals surface area contributed by atoms with Gasteiger partial charge in [0.05, 0.1) is 18.2 Å². The van der Waals surface area contributed by atoms with Crippen LogP contribution in [0.3, 0.4) is 0 Å². The molecule has 94 valence electrons. The van der Waals surface area contributed by atoms with Gasteiger partial charge in [0.25, 0.3) is 0 Å². The van der Waals surface area contributed by atoms with Crippen LogP contribution < -0.4 is 10.1 Å². The van der Waals surface area contributed by atoms with E-state index in [1.807, 2.05) is 25.1 Å². The van der Waals surface area contributed by atoms with Gasteiger partial charge in [0.2, 0.25) is 0 Å². The minimum Gasteiger partial charge on any atom is -0.492 e. The van der Waals surface area contributed by atoms with Crippen LogP contribution in [-0.2, 0) is 11.2 Å². The maximum absolute atomic E-state index is 10.7. The summed E-state index contributed by atoms with van der Waals surface area (Å²) in [4.78, 5) is 10.7. The highest BCUT2D eigenvalue weighted by molar-refractivity contribution is 6.32. The highest BCUT2D eigenvalue weighted by Crippen LogP contribution is 2.25. The molecule has 0 radical (unpaired) electrons. The minimum absolute atomic E-state index is 0.148. The Balaban J connectivity index is 2.44. The van der Waals surface area contributed by atoms with Gasteiger partial charge in [0.1, 0.15) is 11.5 Å². The topological polar surface area (TPSA) is 38.3 Å². The molecule has 0 saturated heterocycles. The lowest BCUT2D eigenvalue weighted by molar-refractivity contribution is -0.116. The zero-order valence-electron chi connectivity index (χ0n) is 10.3. The van der Waals surface area contributed by atoms with Crippen LogP contribution in [0.4, 0.5) is 0 Å². The van der Waals surface area contributed by atoms with Crippen molar-refractivity contribution < 1.29 is 9.53 Å². The first-order chi connectivity index (χ1) is 8.13. The van der Waals surface area contributed by atoms with Gasteiger partial charge < -0.3 is 10.1 Å². The lowest BCUT2D eigenvalue weighted by Gasteiger charge is -2.08. The summed E-state index contributed by atoms with van der Waals surface area (Å²) in [6.45, 7) is 5.30. The molecule has 0 aromatic heterocycles. The molecular formula is C13H18ClNO2. The number of hydrogen-bond acceptors (Lipinski definition) is 3. The van der Waals surface area contributed by atoms with Crippen LogP contribution in [0.15, 0.2) is 18.2 Å². The number of carbonyl (C=O) groups excluding carboxylic acids is 1. The lowest BCUT2D eigenvalue weighted by atomic mass is 10.1. The van der Waals surface area contributed by atoms with E-state index in [9.17, 15) is 4.79 Å². The van der Waals surface area contributed by atoms with Gasteiger partial charge in [-0.15, -0.1) is 0 Å². The van der Waals surface area contributed by atoms with E-state index >= 15 is 0 Å². The lowest BCUT2D eigenvalue weighted by Crippen LogP contribution is -2.23. The number of nitrogens with one attached hydrogen (secondary N) is 1. The Morgan fingerprint density at radius 2 is 2.24 bits per heavy atom. The van der Waals surface area contributed by atoms with E-state index in [1.54, 1.807) is 6.92 Å². The van der Waals surface area contributed by atoms with Crippen LogP contribution in [-0.4, -0.2) is 25.5 Å². The molecule has 0 aliphatic carbocycles. The predicted molar refractivity (Wildman–Crippen MR) is 69.9 cm³/mol. The number of ketones is 1. The summed E-state index contributed by atoms with van der Waals surface area (Å²) in [6, 6.07) is 5.78. The van der Waals surface area contributed by atoms with E-state index in [0.29, 0.717) is 18.2 Å². The van der Waals surface area contributed by atoms with Gasteiger partial charge in [0.15, 0.2) is 0 Å². The van der Waals surface area contributed by atoms with Gasteiger partial charge in [-0.05, 0) is 44.5 Å². The van der Waals surface area contributed by atoms with Crippen molar-refractivity contribution in [2.75, 3.05) is 19.7 Å². The quantitative estimate of drug-likeness (QED) is 0.761. The van der Waals surface area contributed by atoms with Crippen molar-refractivity contribution in [1.82, 2.24) is 5.32 Å². The molecule has 1 rings (SSSR count). The molecule has 0 fully saturated rings. The highest BCUT2D eigenvalue weighted by atomic mass is 35.5. The monoisotopic (exact) mass is 255 g/mol. The van der Waals surface area contributed by atoms with E-state index < -0.39 is 0 Å². The number of carbonyl (C=O) groups is 1. The maximum Gasteiger partial charge on any atom is 0.143 e. The van der Waals surface area contributed by atoms with Crippen LogP contribution in [0.1, 0.15) is 19.4 Å². The molecule has 0 unspecified atom stereocenters. The van der Waals surface area contributed by atoms with Gasteiger partial charge in [-0.2, -0.15) is 0 Å². The average Bonchev–Trinajstić information content (AvgIpc) is 2.28. The van der Waals surface area contributed by atoms with E-state index in [1.165, 1.54) is 0 Å². The zero-order valence-corrected chi connectivity index (χ0v) is 11.0. The van der Waals surface area contributed by atoms with Gasteiger partial charge >= 0.3 is 0 Å². The first-order valence-electron chi connectivity index (χ1n) is 5.75. The molecule has 0 aliphatic rings. The normalized spacial score (nSPS) is 10.3. The first kappa shape index (κ1) is 14.0. The van der Waals surface area contributed by atoms with Crippen LogP contribution in [0.2, 0.25) is 5.02 Å². The van der Waals surface area contributed by atoms with Crippen LogP contribution in [0, 0.1) is 0 Å². The molecule has 3 nitrogen and oxygen atoms in total. The second-order valence-corrected chi connectivity index (χ2v) is 4.23. The molecule has 1 aromatic carbocycles. The maximum atomic E-state index is 10.7. The number of halogens is 1. The van der Waals surface area contributed by atoms with Crippen LogP contribution in [0.5, 0.6) is 5.75 Å². The average molecular weight is 256 g/mol. The largest absolute Gasteiger partial charge is 0.492 e. The number of benzene rings is 1. The van der Waals surface area contributed by atoms with Gasteiger partial charge in [-0.3, -0.25) is 4.79 Å². The molecule has 1 N–H and O–H groups in total. The summed E-state index contributed by atoms with van der Waals surface area (Å²) in [6.07, 6.45) is 0.847. The number of Topliss-reactive ketones (excluding diaryl/α,β-unsaturated/α-hetero) is 1. The van der Waals surface area contributed by atoms with Crippen molar-refractivity contribution in [3.8, 4) is 5.75 Å². The third kappa shape index (κ3) is 5.20. The van der Waals surface area contributed by atoms with Crippen molar-refractivity contribution in [3.05, 3.63) is 28.8 Å². The first-order valence-corrected chi connectivity index (χ1v) is 6.12. The minimum atomic E-state index is 0.148. The summed E-state index contributed by atoms with van der Waals surface area (Å²) in [5, 5.41) is 3.70. The Hall–Kier alpha value is -1.06. The highest BCUT2D eigenvalue weighted by Gasteiger charge is 2.02. The molecular weight excluding hydrogens is 238 g/mol. The third-order valence-corrected chi connectivity index (χ3v) is 2.56. The molecule has 0 heterocycles. The zero-order chi connectivity index (χ0) is 12.7. The van der Waals surface area contributed by atoms with Crippen molar-refractivity contribution in [1.29, 1.82) is 0 Å². The molecule has 0 bridgehead atoms. The molecule has 17 heavy (non-hydrogen) atoms.